The van der Waals surface area contributed by atoms with Gasteiger partial charge in [-0.2, -0.15) is 5.10 Å². The van der Waals surface area contributed by atoms with Crippen LogP contribution in [0.4, 0.5) is 24.5 Å². The molecule has 1 aliphatic rings. The fraction of sp³-hybridized carbons (Fsp3) is 0.238. The van der Waals surface area contributed by atoms with E-state index in [1.165, 1.54) is 10.7 Å². The molecule has 3 aromatic rings. The maximum Gasteiger partial charge on any atom is 0.276 e. The summed E-state index contributed by atoms with van der Waals surface area (Å²) in [5.74, 6) is -5.07. The van der Waals surface area contributed by atoms with Crippen LogP contribution in [-0.2, 0) is 27.6 Å². The minimum Gasteiger partial charge on any atom is -0.321 e. The Labute approximate surface area is 191 Å². The minimum atomic E-state index is -3.70. The Balaban J connectivity index is 1.84. The van der Waals surface area contributed by atoms with Crippen LogP contribution in [0, 0.1) is 17.5 Å². The van der Waals surface area contributed by atoms with Gasteiger partial charge in [-0.25, -0.2) is 21.6 Å². The van der Waals surface area contributed by atoms with Crippen LogP contribution < -0.4 is 10.6 Å². The number of carbonyl (C=O) groups is 2. The zero-order chi connectivity index (χ0) is 24.6. The van der Waals surface area contributed by atoms with Crippen LogP contribution >= 0.6 is 0 Å². The highest BCUT2D eigenvalue weighted by Gasteiger charge is 2.29. The Bertz CT molecular complexity index is 1400. The predicted molar refractivity (Wildman–Crippen MR) is 116 cm³/mol. The number of anilines is 2. The number of amides is 2. The molecule has 0 unspecified atom stereocenters. The van der Waals surface area contributed by atoms with E-state index in [1.54, 1.807) is 0 Å². The van der Waals surface area contributed by atoms with E-state index in [-0.39, 0.29) is 47.0 Å². The van der Waals surface area contributed by atoms with Gasteiger partial charge in [0.15, 0.2) is 15.5 Å². The zero-order valence-corrected chi connectivity index (χ0v) is 18.5. The highest BCUT2D eigenvalue weighted by Crippen LogP contribution is 2.33. The molecule has 0 spiro atoms. The maximum atomic E-state index is 14.5. The molecule has 0 radical (unpaired) electrons. The molecule has 0 saturated heterocycles. The summed E-state index contributed by atoms with van der Waals surface area (Å²) in [6.45, 7) is 0.121. The van der Waals surface area contributed by atoms with Crippen molar-refractivity contribution >= 4 is 33.0 Å². The van der Waals surface area contributed by atoms with Crippen molar-refractivity contribution in [2.45, 2.75) is 19.4 Å². The number of aromatic nitrogens is 3. The van der Waals surface area contributed by atoms with Gasteiger partial charge in [-0.3, -0.25) is 19.3 Å². The molecule has 1 aliphatic heterocycles. The number of aryl methyl sites for hydroxylation is 2. The average Bonchev–Trinajstić information content (AvgIpc) is 3.09. The molecule has 1 aromatic carbocycles. The summed E-state index contributed by atoms with van der Waals surface area (Å²) in [7, 11) is -3.70. The molecule has 34 heavy (non-hydrogen) atoms. The third kappa shape index (κ3) is 4.93. The smallest absolute Gasteiger partial charge is 0.276 e. The number of hydrogen-bond acceptors (Lipinski definition) is 6. The quantitative estimate of drug-likeness (QED) is 0.576. The first-order chi connectivity index (χ1) is 16.0. The van der Waals surface area contributed by atoms with E-state index in [4.69, 9.17) is 0 Å². The molecule has 2 N–H and O–H groups in total. The Hall–Kier alpha value is -3.74. The van der Waals surface area contributed by atoms with E-state index in [0.717, 1.165) is 24.6 Å². The number of pyridine rings is 1. The second-order valence-corrected chi connectivity index (χ2v) is 9.89. The maximum absolute atomic E-state index is 14.5. The van der Waals surface area contributed by atoms with E-state index >= 15 is 0 Å². The Morgan fingerprint density at radius 3 is 2.65 bits per heavy atom. The normalized spacial score (nSPS) is 13.7. The number of hydrogen-bond donors (Lipinski definition) is 2. The molecule has 2 amide bonds. The second-order valence-electron chi connectivity index (χ2n) is 7.75. The molecular weight excluding hydrogens is 475 g/mol. The number of rotatable bonds is 4. The SMILES string of the molecule is CS(=O)(=O)CC(=O)Nc1c(-c2ccc(F)cn2)nn2c1C(=O)Nc1c(F)cc(F)cc1CCC2. The summed E-state index contributed by atoms with van der Waals surface area (Å²) < 4.78 is 66.0. The van der Waals surface area contributed by atoms with Crippen molar-refractivity contribution in [1.82, 2.24) is 14.8 Å². The van der Waals surface area contributed by atoms with Gasteiger partial charge in [-0.1, -0.05) is 0 Å². The Morgan fingerprint density at radius 2 is 1.97 bits per heavy atom. The summed E-state index contributed by atoms with van der Waals surface area (Å²) in [5, 5.41) is 9.12. The number of carbonyl (C=O) groups excluding carboxylic acids is 2. The number of halogens is 3. The first kappa shape index (κ1) is 23.4. The first-order valence-electron chi connectivity index (χ1n) is 10.0. The lowest BCUT2D eigenvalue weighted by atomic mass is 10.1. The van der Waals surface area contributed by atoms with Crippen LogP contribution in [-0.4, -0.2) is 47.0 Å². The van der Waals surface area contributed by atoms with Gasteiger partial charge < -0.3 is 10.6 Å². The lowest BCUT2D eigenvalue weighted by molar-refractivity contribution is -0.113. The van der Waals surface area contributed by atoms with E-state index < -0.39 is 44.9 Å². The monoisotopic (exact) mass is 493 g/mol. The molecule has 2 aromatic heterocycles. The van der Waals surface area contributed by atoms with E-state index in [9.17, 15) is 31.2 Å². The molecule has 13 heteroatoms. The summed E-state index contributed by atoms with van der Waals surface area (Å²) in [5.41, 5.74) is -0.228. The van der Waals surface area contributed by atoms with Gasteiger partial charge in [0.25, 0.3) is 5.91 Å². The van der Waals surface area contributed by atoms with Crippen molar-refractivity contribution in [3.63, 3.8) is 0 Å². The number of nitrogens with zero attached hydrogens (tertiary/aromatic N) is 3. The standard InChI is InChI=1S/C21H18F3N5O4S/c1-34(32,33)10-16(30)26-19-18(15-5-4-12(22)9-25-15)28-29-6-2-3-11-7-13(23)8-14(24)17(11)27-21(31)20(19)29/h4-5,7-9H,2-3,6,10H2,1H3,(H,26,30)(H,27,31). The van der Waals surface area contributed by atoms with E-state index in [0.29, 0.717) is 12.5 Å². The summed E-state index contributed by atoms with van der Waals surface area (Å²) in [4.78, 5) is 29.6. The lowest BCUT2D eigenvalue weighted by Gasteiger charge is -2.12. The molecule has 3 heterocycles. The average molecular weight is 493 g/mol. The highest BCUT2D eigenvalue weighted by molar-refractivity contribution is 7.91. The highest BCUT2D eigenvalue weighted by atomic mass is 32.2. The summed E-state index contributed by atoms with van der Waals surface area (Å²) in [6, 6.07) is 4.14. The molecule has 4 rings (SSSR count). The van der Waals surface area contributed by atoms with Crippen LogP contribution in [0.5, 0.6) is 0 Å². The second kappa shape index (κ2) is 8.89. The molecule has 0 saturated carbocycles. The van der Waals surface area contributed by atoms with E-state index in [2.05, 4.69) is 20.7 Å². The van der Waals surface area contributed by atoms with Gasteiger partial charge in [0.1, 0.15) is 34.6 Å². The fourth-order valence-corrected chi connectivity index (χ4v) is 4.19. The van der Waals surface area contributed by atoms with Crippen molar-refractivity contribution in [3.05, 3.63) is 59.2 Å². The third-order valence-corrected chi connectivity index (χ3v) is 5.77. The van der Waals surface area contributed by atoms with Gasteiger partial charge in [-0.15, -0.1) is 0 Å². The van der Waals surface area contributed by atoms with Gasteiger partial charge >= 0.3 is 0 Å². The minimum absolute atomic E-state index is 0.00706. The molecule has 0 fully saturated rings. The van der Waals surface area contributed by atoms with Gasteiger partial charge in [0, 0.05) is 18.9 Å². The molecule has 9 nitrogen and oxygen atoms in total. The number of nitrogens with one attached hydrogen (secondary N) is 2. The van der Waals surface area contributed by atoms with Crippen LogP contribution in [0.2, 0.25) is 0 Å². The molecule has 0 bridgehead atoms. The van der Waals surface area contributed by atoms with Crippen LogP contribution in [0.1, 0.15) is 22.5 Å². The largest absolute Gasteiger partial charge is 0.321 e. The number of benzene rings is 1. The molecule has 0 atom stereocenters. The van der Waals surface area contributed by atoms with Crippen molar-refractivity contribution in [2.75, 3.05) is 22.6 Å². The van der Waals surface area contributed by atoms with Gasteiger partial charge in [0.05, 0.1) is 17.6 Å². The summed E-state index contributed by atoms with van der Waals surface area (Å²) in [6.07, 6.45) is 2.32. The van der Waals surface area contributed by atoms with Crippen molar-refractivity contribution < 1.29 is 31.2 Å². The number of fused-ring (bicyclic) bond motifs is 2. The van der Waals surface area contributed by atoms with Crippen LogP contribution in [0.3, 0.4) is 0 Å². The van der Waals surface area contributed by atoms with Gasteiger partial charge in [0.2, 0.25) is 5.91 Å². The van der Waals surface area contributed by atoms with Crippen LogP contribution in [0.15, 0.2) is 30.5 Å². The molecule has 178 valence electrons. The molecule has 0 aliphatic carbocycles. The fourth-order valence-electron chi connectivity index (χ4n) is 3.64. The van der Waals surface area contributed by atoms with Crippen molar-refractivity contribution in [1.29, 1.82) is 0 Å². The first-order valence-corrected chi connectivity index (χ1v) is 12.1. The van der Waals surface area contributed by atoms with Crippen LogP contribution in [0.25, 0.3) is 11.4 Å². The molecular formula is C21H18F3N5O4S. The topological polar surface area (TPSA) is 123 Å². The zero-order valence-electron chi connectivity index (χ0n) is 17.7. The Kier molecular flexibility index (Phi) is 6.13. The van der Waals surface area contributed by atoms with E-state index in [1.807, 2.05) is 0 Å². The van der Waals surface area contributed by atoms with Crippen molar-refractivity contribution in [2.24, 2.45) is 0 Å². The Morgan fingerprint density at radius 1 is 1.21 bits per heavy atom. The summed E-state index contributed by atoms with van der Waals surface area (Å²) >= 11 is 0. The number of sulfone groups is 1. The van der Waals surface area contributed by atoms with Gasteiger partial charge in [-0.05, 0) is 36.6 Å². The predicted octanol–water partition coefficient (Wildman–Crippen LogP) is 2.54. The van der Waals surface area contributed by atoms with Crippen molar-refractivity contribution in [3.8, 4) is 11.4 Å². The third-order valence-electron chi connectivity index (χ3n) is 4.99. The lowest BCUT2D eigenvalue weighted by Crippen LogP contribution is -2.25.